The normalized spacial score (nSPS) is 10.8. The highest BCUT2D eigenvalue weighted by molar-refractivity contribution is 5.26. The van der Waals surface area contributed by atoms with Gasteiger partial charge in [-0.3, -0.25) is 0 Å². The Morgan fingerprint density at radius 3 is 2.61 bits per heavy atom. The third kappa shape index (κ3) is 5.66. The van der Waals surface area contributed by atoms with E-state index in [-0.39, 0.29) is 6.61 Å². The maximum Gasteiger partial charge on any atom is 0.118 e. The molecule has 1 aromatic carbocycles. The van der Waals surface area contributed by atoms with Crippen molar-refractivity contribution in [3.63, 3.8) is 0 Å². The zero-order valence-electron chi connectivity index (χ0n) is 10.8. The number of hydrogen-bond acceptors (Lipinski definition) is 3. The van der Waals surface area contributed by atoms with Crippen molar-refractivity contribution < 1.29 is 14.6 Å². The van der Waals surface area contributed by atoms with Gasteiger partial charge in [-0.25, -0.2) is 0 Å². The second-order valence-electron chi connectivity index (χ2n) is 3.95. The summed E-state index contributed by atoms with van der Waals surface area (Å²) in [5, 5.41) is 8.59. The molecule has 0 heterocycles. The number of methoxy groups -OCH3 is 1. The first-order valence-electron chi connectivity index (χ1n) is 5.89. The van der Waals surface area contributed by atoms with Gasteiger partial charge in [-0.2, -0.15) is 0 Å². The minimum atomic E-state index is 0.0694. The summed E-state index contributed by atoms with van der Waals surface area (Å²) >= 11 is 0. The van der Waals surface area contributed by atoms with Gasteiger partial charge in [-0.1, -0.05) is 30.9 Å². The molecule has 0 aliphatic rings. The molecule has 0 bridgehead atoms. The van der Waals surface area contributed by atoms with Crippen LogP contribution < -0.4 is 4.74 Å². The lowest BCUT2D eigenvalue weighted by Gasteiger charge is -2.06. The molecule has 1 rings (SSSR count). The first-order chi connectivity index (χ1) is 8.76. The molecule has 0 fully saturated rings. The van der Waals surface area contributed by atoms with Crippen LogP contribution in [-0.4, -0.2) is 25.4 Å². The van der Waals surface area contributed by atoms with Gasteiger partial charge in [0.05, 0.1) is 26.9 Å². The molecule has 98 valence electrons. The molecule has 0 spiro atoms. The van der Waals surface area contributed by atoms with Gasteiger partial charge in [0.25, 0.3) is 0 Å². The van der Waals surface area contributed by atoms with E-state index in [4.69, 9.17) is 14.6 Å². The van der Waals surface area contributed by atoms with Crippen molar-refractivity contribution in [1.82, 2.24) is 0 Å². The number of benzene rings is 1. The number of aliphatic hydroxyl groups excluding tert-OH is 1. The van der Waals surface area contributed by atoms with Crippen molar-refractivity contribution in [3.05, 3.63) is 54.1 Å². The smallest absolute Gasteiger partial charge is 0.118 e. The molecule has 1 N–H and O–H groups in total. The molecule has 0 aliphatic heterocycles. The minimum absolute atomic E-state index is 0.0694. The van der Waals surface area contributed by atoms with Crippen molar-refractivity contribution in [3.8, 4) is 5.75 Å². The Kier molecular flexibility index (Phi) is 6.84. The Morgan fingerprint density at radius 2 is 2.00 bits per heavy atom. The lowest BCUT2D eigenvalue weighted by atomic mass is 10.2. The first-order valence-corrected chi connectivity index (χ1v) is 5.89. The minimum Gasteiger partial charge on any atom is -0.497 e. The SMILES string of the molecule is C=C(C/C=C/CO)COCc1ccc(OC)cc1. The van der Waals surface area contributed by atoms with E-state index in [0.717, 1.165) is 23.3 Å². The highest BCUT2D eigenvalue weighted by atomic mass is 16.5. The van der Waals surface area contributed by atoms with E-state index in [9.17, 15) is 0 Å². The molecule has 3 nitrogen and oxygen atoms in total. The van der Waals surface area contributed by atoms with Crippen LogP contribution in [0, 0.1) is 0 Å². The average Bonchev–Trinajstić information content (AvgIpc) is 2.40. The molecule has 0 saturated carbocycles. The largest absolute Gasteiger partial charge is 0.497 e. The predicted molar refractivity (Wildman–Crippen MR) is 72.6 cm³/mol. The molecule has 1 aromatic rings. The van der Waals surface area contributed by atoms with Crippen LogP contribution in [0.4, 0.5) is 0 Å². The van der Waals surface area contributed by atoms with Crippen LogP contribution >= 0.6 is 0 Å². The van der Waals surface area contributed by atoms with E-state index >= 15 is 0 Å². The van der Waals surface area contributed by atoms with Gasteiger partial charge in [0.15, 0.2) is 0 Å². The summed E-state index contributed by atoms with van der Waals surface area (Å²) in [5.74, 6) is 0.845. The highest BCUT2D eigenvalue weighted by Gasteiger charge is 1.96. The van der Waals surface area contributed by atoms with Crippen LogP contribution in [-0.2, 0) is 11.3 Å². The fourth-order valence-corrected chi connectivity index (χ4v) is 1.42. The number of allylic oxidation sites excluding steroid dienone is 1. The number of aliphatic hydroxyl groups is 1. The van der Waals surface area contributed by atoms with Gasteiger partial charge in [-0.05, 0) is 29.7 Å². The van der Waals surface area contributed by atoms with Gasteiger partial charge >= 0.3 is 0 Å². The standard InChI is InChI=1S/C15H20O3/c1-13(5-3-4-10-16)11-18-12-14-6-8-15(17-2)9-7-14/h3-4,6-9,16H,1,5,10-12H2,2H3/b4-3+. The van der Waals surface area contributed by atoms with Crippen LogP contribution in [0.15, 0.2) is 48.6 Å². The molecule has 0 unspecified atom stereocenters. The Morgan fingerprint density at radius 1 is 1.28 bits per heavy atom. The molecule has 3 heteroatoms. The summed E-state index contributed by atoms with van der Waals surface area (Å²) in [7, 11) is 1.65. The maximum absolute atomic E-state index is 8.59. The molecule has 0 aromatic heterocycles. The van der Waals surface area contributed by atoms with Gasteiger partial charge in [0, 0.05) is 0 Å². The van der Waals surface area contributed by atoms with E-state index in [2.05, 4.69) is 6.58 Å². The van der Waals surface area contributed by atoms with Gasteiger partial charge in [0.1, 0.15) is 5.75 Å². The van der Waals surface area contributed by atoms with E-state index < -0.39 is 0 Å². The van der Waals surface area contributed by atoms with Crippen LogP contribution in [0.5, 0.6) is 5.75 Å². The van der Waals surface area contributed by atoms with Crippen molar-refractivity contribution in [2.45, 2.75) is 13.0 Å². The highest BCUT2D eigenvalue weighted by Crippen LogP contribution is 2.12. The molecule has 0 amide bonds. The third-order valence-electron chi connectivity index (χ3n) is 2.41. The summed E-state index contributed by atoms with van der Waals surface area (Å²) in [6.45, 7) is 5.07. The van der Waals surface area contributed by atoms with Crippen molar-refractivity contribution in [1.29, 1.82) is 0 Å². The van der Waals surface area contributed by atoms with Crippen molar-refractivity contribution in [2.24, 2.45) is 0 Å². The monoisotopic (exact) mass is 248 g/mol. The fourth-order valence-electron chi connectivity index (χ4n) is 1.42. The third-order valence-corrected chi connectivity index (χ3v) is 2.41. The zero-order valence-corrected chi connectivity index (χ0v) is 10.8. The Hall–Kier alpha value is -1.58. The predicted octanol–water partition coefficient (Wildman–Crippen LogP) is 2.71. The molecule has 0 atom stereocenters. The van der Waals surface area contributed by atoms with E-state index in [1.807, 2.05) is 30.3 Å². The quantitative estimate of drug-likeness (QED) is 0.719. The Balaban J connectivity index is 2.24. The lowest BCUT2D eigenvalue weighted by molar-refractivity contribution is 0.141. The summed E-state index contributed by atoms with van der Waals surface area (Å²) in [6.07, 6.45) is 4.33. The summed E-state index contributed by atoms with van der Waals surface area (Å²) in [6, 6.07) is 7.79. The average molecular weight is 248 g/mol. The Bertz CT molecular complexity index is 379. The fraction of sp³-hybridized carbons (Fsp3) is 0.333. The summed E-state index contributed by atoms with van der Waals surface area (Å²) in [5.41, 5.74) is 2.10. The summed E-state index contributed by atoms with van der Waals surface area (Å²) < 4.78 is 10.6. The molecule has 0 radical (unpaired) electrons. The van der Waals surface area contributed by atoms with Crippen LogP contribution in [0.2, 0.25) is 0 Å². The number of rotatable bonds is 8. The second-order valence-corrected chi connectivity index (χ2v) is 3.95. The lowest BCUT2D eigenvalue weighted by Crippen LogP contribution is -1.97. The van der Waals surface area contributed by atoms with Gasteiger partial charge < -0.3 is 14.6 Å². The van der Waals surface area contributed by atoms with Crippen LogP contribution in [0.25, 0.3) is 0 Å². The van der Waals surface area contributed by atoms with E-state index in [0.29, 0.717) is 13.2 Å². The number of ether oxygens (including phenoxy) is 2. The first kappa shape index (κ1) is 14.5. The Labute approximate surface area is 108 Å². The molecular weight excluding hydrogens is 228 g/mol. The molecular formula is C15H20O3. The van der Waals surface area contributed by atoms with Gasteiger partial charge in [0.2, 0.25) is 0 Å². The zero-order chi connectivity index (χ0) is 13.2. The van der Waals surface area contributed by atoms with Crippen molar-refractivity contribution in [2.75, 3.05) is 20.3 Å². The molecule has 0 saturated heterocycles. The van der Waals surface area contributed by atoms with E-state index in [1.165, 1.54) is 0 Å². The van der Waals surface area contributed by atoms with Crippen molar-refractivity contribution >= 4 is 0 Å². The topological polar surface area (TPSA) is 38.7 Å². The molecule has 0 aliphatic carbocycles. The molecule has 18 heavy (non-hydrogen) atoms. The summed E-state index contributed by atoms with van der Waals surface area (Å²) in [4.78, 5) is 0. The number of hydrogen-bond donors (Lipinski definition) is 1. The van der Waals surface area contributed by atoms with Crippen LogP contribution in [0.3, 0.4) is 0 Å². The van der Waals surface area contributed by atoms with Crippen LogP contribution in [0.1, 0.15) is 12.0 Å². The van der Waals surface area contributed by atoms with Gasteiger partial charge in [-0.15, -0.1) is 0 Å². The second kappa shape index (κ2) is 8.50. The maximum atomic E-state index is 8.59. The van der Waals surface area contributed by atoms with E-state index in [1.54, 1.807) is 13.2 Å².